The number of amidine groups is 1. The van der Waals surface area contributed by atoms with E-state index >= 15 is 0 Å². The molecule has 1 saturated heterocycles. The van der Waals surface area contributed by atoms with Crippen molar-refractivity contribution in [1.29, 1.82) is 5.41 Å². The minimum atomic E-state index is -0.00864. The van der Waals surface area contributed by atoms with Crippen LogP contribution in [0.15, 0.2) is 40.6 Å². The number of hydrogen-bond donors (Lipinski definition) is 3. The Bertz CT molecular complexity index is 1060. The first-order valence-corrected chi connectivity index (χ1v) is 10.2. The quantitative estimate of drug-likeness (QED) is 0.506. The van der Waals surface area contributed by atoms with E-state index in [0.29, 0.717) is 29.5 Å². The van der Waals surface area contributed by atoms with E-state index in [4.69, 9.17) is 16.9 Å². The highest BCUT2D eigenvalue weighted by molar-refractivity contribution is 8.26. The summed E-state index contributed by atoms with van der Waals surface area (Å²) >= 11 is 1.10. The zero-order valence-corrected chi connectivity index (χ0v) is 17.7. The van der Waals surface area contributed by atoms with Crippen LogP contribution >= 0.6 is 11.8 Å². The van der Waals surface area contributed by atoms with Crippen molar-refractivity contribution in [1.82, 2.24) is 14.9 Å². The van der Waals surface area contributed by atoms with Crippen molar-refractivity contribution in [2.75, 3.05) is 20.1 Å². The molecule has 0 aromatic carbocycles. The number of carbonyl (C=O) groups excluding carboxylic acids is 1. The van der Waals surface area contributed by atoms with Gasteiger partial charge in [-0.1, -0.05) is 0 Å². The average molecular weight is 425 g/mol. The molecule has 0 radical (unpaired) electrons. The number of likely N-dealkylation sites (tertiary alicyclic amines) is 1. The van der Waals surface area contributed by atoms with Gasteiger partial charge in [0.15, 0.2) is 11.0 Å². The van der Waals surface area contributed by atoms with Gasteiger partial charge < -0.3 is 16.4 Å². The first kappa shape index (κ1) is 21.4. The molecule has 1 fully saturated rings. The lowest BCUT2D eigenvalue weighted by Gasteiger charge is -2.14. The molecule has 1 atom stereocenters. The van der Waals surface area contributed by atoms with Gasteiger partial charge in [-0.15, -0.1) is 0 Å². The van der Waals surface area contributed by atoms with E-state index in [-0.39, 0.29) is 17.0 Å². The standard InChI is InChI=1S/C20H24N8OS/c1-12(29)28-6-5-13(11-28)19(22)30-20(23)27-18-4-3-16-17(26-18)7-14(10-25-16)15(8-21)9-24-2/h3-4,7-10,13,22H,5-6,11,21H2,1-2H3,(H2,23,26,27). The molecule has 10 heteroatoms. The third-order valence-electron chi connectivity index (χ3n) is 4.75. The number of allylic oxidation sites excluding steroid dienone is 1. The lowest BCUT2D eigenvalue weighted by atomic mass is 10.1. The molecule has 156 valence electrons. The van der Waals surface area contributed by atoms with Crippen LogP contribution in [-0.2, 0) is 4.79 Å². The molecule has 2 aromatic heterocycles. The molecule has 0 aliphatic carbocycles. The number of fused-ring (bicyclic) bond motifs is 1. The number of nitrogens with zero attached hydrogens (tertiary/aromatic N) is 5. The Balaban J connectivity index is 1.76. The van der Waals surface area contributed by atoms with Crippen molar-refractivity contribution >= 4 is 56.5 Å². The number of aromatic nitrogens is 2. The molecule has 3 rings (SSSR count). The number of amides is 1. The number of carbonyl (C=O) groups is 1. The molecule has 1 aliphatic rings. The van der Waals surface area contributed by atoms with E-state index in [0.717, 1.165) is 34.8 Å². The van der Waals surface area contributed by atoms with Crippen LogP contribution in [0.4, 0.5) is 5.82 Å². The molecule has 0 spiro atoms. The second-order valence-electron chi connectivity index (χ2n) is 6.81. The lowest BCUT2D eigenvalue weighted by Crippen LogP contribution is -2.27. The van der Waals surface area contributed by atoms with Gasteiger partial charge in [0.05, 0.1) is 16.1 Å². The van der Waals surface area contributed by atoms with Crippen LogP contribution in [0, 0.1) is 11.3 Å². The molecule has 3 heterocycles. The van der Waals surface area contributed by atoms with E-state index in [2.05, 4.69) is 20.0 Å². The summed E-state index contributed by atoms with van der Waals surface area (Å²) < 4.78 is 0. The molecule has 30 heavy (non-hydrogen) atoms. The molecular formula is C20H24N8OS. The fraction of sp³-hybridized carbons (Fsp3) is 0.300. The maximum Gasteiger partial charge on any atom is 0.219 e. The van der Waals surface area contributed by atoms with Gasteiger partial charge in [-0.05, 0) is 36.4 Å². The van der Waals surface area contributed by atoms with Gasteiger partial charge in [0.1, 0.15) is 0 Å². The van der Waals surface area contributed by atoms with Crippen molar-refractivity contribution in [3.63, 3.8) is 0 Å². The molecule has 1 aliphatic heterocycles. The van der Waals surface area contributed by atoms with E-state index in [1.807, 2.05) is 12.1 Å². The number of nitrogens with two attached hydrogens (primary N) is 2. The monoisotopic (exact) mass is 424 g/mol. The summed E-state index contributed by atoms with van der Waals surface area (Å²) in [4.78, 5) is 30.5. The first-order chi connectivity index (χ1) is 14.4. The Hall–Kier alpha value is -3.27. The Kier molecular flexibility index (Phi) is 6.78. The number of nitrogens with one attached hydrogen (secondary N) is 1. The van der Waals surface area contributed by atoms with Gasteiger partial charge >= 0.3 is 0 Å². The zero-order chi connectivity index (χ0) is 21.7. The third kappa shape index (κ3) is 5.01. The third-order valence-corrected chi connectivity index (χ3v) is 5.60. The van der Waals surface area contributed by atoms with Gasteiger partial charge in [0.25, 0.3) is 0 Å². The van der Waals surface area contributed by atoms with Crippen molar-refractivity contribution in [3.05, 3.63) is 36.2 Å². The molecule has 1 unspecified atom stereocenters. The molecular weight excluding hydrogens is 400 g/mol. The Morgan fingerprint density at radius 2 is 2.20 bits per heavy atom. The summed E-state index contributed by atoms with van der Waals surface area (Å²) in [6.45, 7) is 2.76. The number of aliphatic imine (C=N–C) groups is 2. The van der Waals surface area contributed by atoms with Crippen molar-refractivity contribution < 1.29 is 4.79 Å². The molecule has 9 nitrogen and oxygen atoms in total. The fourth-order valence-corrected chi connectivity index (χ4v) is 3.88. The van der Waals surface area contributed by atoms with Gasteiger partial charge in [0.2, 0.25) is 5.91 Å². The second kappa shape index (κ2) is 9.49. The van der Waals surface area contributed by atoms with Crippen LogP contribution in [0.5, 0.6) is 0 Å². The number of rotatable bonds is 4. The smallest absolute Gasteiger partial charge is 0.219 e. The summed E-state index contributed by atoms with van der Waals surface area (Å²) in [7, 11) is 1.67. The minimum Gasteiger partial charge on any atom is -0.404 e. The van der Waals surface area contributed by atoms with E-state index in [9.17, 15) is 4.79 Å². The van der Waals surface area contributed by atoms with Crippen LogP contribution < -0.4 is 11.5 Å². The highest BCUT2D eigenvalue weighted by atomic mass is 32.2. The summed E-state index contributed by atoms with van der Waals surface area (Å²) in [5.41, 5.74) is 14.6. The second-order valence-corrected chi connectivity index (χ2v) is 7.87. The van der Waals surface area contributed by atoms with Gasteiger partial charge in [-0.2, -0.15) is 0 Å². The SMILES string of the molecule is CN=CC(=CN)c1cnc2ccc(N=C(N)SC(=N)C3CCN(C(C)=O)C3)nc2c1. The van der Waals surface area contributed by atoms with Crippen LogP contribution in [0.3, 0.4) is 0 Å². The largest absolute Gasteiger partial charge is 0.404 e. The van der Waals surface area contributed by atoms with Crippen LogP contribution in [0.1, 0.15) is 18.9 Å². The van der Waals surface area contributed by atoms with Gasteiger partial charge in [-0.25, -0.2) is 9.98 Å². The molecule has 2 aromatic rings. The summed E-state index contributed by atoms with van der Waals surface area (Å²) in [6, 6.07) is 5.41. The Morgan fingerprint density at radius 1 is 1.40 bits per heavy atom. The predicted molar refractivity (Wildman–Crippen MR) is 123 cm³/mol. The van der Waals surface area contributed by atoms with Crippen LogP contribution in [-0.4, -0.2) is 57.3 Å². The summed E-state index contributed by atoms with van der Waals surface area (Å²) in [5.74, 6) is 0.451. The lowest BCUT2D eigenvalue weighted by molar-refractivity contribution is -0.127. The normalized spacial score (nSPS) is 17.8. The van der Waals surface area contributed by atoms with Gasteiger partial charge in [-0.3, -0.25) is 20.2 Å². The number of thioether (sulfide) groups is 1. The maximum atomic E-state index is 11.5. The van der Waals surface area contributed by atoms with E-state index in [1.165, 1.54) is 6.20 Å². The number of pyridine rings is 2. The highest BCUT2D eigenvalue weighted by Gasteiger charge is 2.28. The minimum absolute atomic E-state index is 0.00864. The molecule has 0 bridgehead atoms. The van der Waals surface area contributed by atoms with Gasteiger partial charge in [0, 0.05) is 62.7 Å². The zero-order valence-electron chi connectivity index (χ0n) is 16.9. The predicted octanol–water partition coefficient (Wildman–Crippen LogP) is 2.16. The Morgan fingerprint density at radius 3 is 2.87 bits per heavy atom. The molecule has 1 amide bonds. The summed E-state index contributed by atoms with van der Waals surface area (Å²) in [5, 5.41) is 8.92. The van der Waals surface area contributed by atoms with E-state index in [1.54, 1.807) is 37.3 Å². The molecule has 0 saturated carbocycles. The first-order valence-electron chi connectivity index (χ1n) is 9.38. The van der Waals surface area contributed by atoms with E-state index < -0.39 is 0 Å². The van der Waals surface area contributed by atoms with Crippen LogP contribution in [0.25, 0.3) is 16.6 Å². The average Bonchev–Trinajstić information content (AvgIpc) is 3.22. The number of hydrogen-bond acceptors (Lipinski definition) is 8. The van der Waals surface area contributed by atoms with Crippen molar-refractivity contribution in [2.24, 2.45) is 27.4 Å². The maximum absolute atomic E-state index is 11.5. The fourth-order valence-electron chi connectivity index (χ4n) is 3.16. The summed E-state index contributed by atoms with van der Waals surface area (Å²) in [6.07, 6.45) is 5.60. The van der Waals surface area contributed by atoms with Crippen molar-refractivity contribution in [3.8, 4) is 0 Å². The topological polar surface area (TPSA) is 147 Å². The molecule has 5 N–H and O–H groups in total. The Labute approximate surface area is 178 Å². The van der Waals surface area contributed by atoms with Crippen LogP contribution in [0.2, 0.25) is 0 Å². The van der Waals surface area contributed by atoms with Crippen molar-refractivity contribution in [2.45, 2.75) is 13.3 Å². The highest BCUT2D eigenvalue weighted by Crippen LogP contribution is 2.24.